The predicted molar refractivity (Wildman–Crippen MR) is 70.5 cm³/mol. The molecule has 0 aromatic rings. The highest BCUT2D eigenvalue weighted by Crippen LogP contribution is 2.21. The van der Waals surface area contributed by atoms with Gasteiger partial charge in [0, 0.05) is 18.9 Å². The highest BCUT2D eigenvalue weighted by Gasteiger charge is 2.29. The molecule has 19 heavy (non-hydrogen) atoms. The van der Waals surface area contributed by atoms with Gasteiger partial charge in [0.25, 0.3) is 0 Å². The fraction of sp³-hybridized carbons (Fsp3) is 0.833. The fourth-order valence-electron chi connectivity index (χ4n) is 2.26. The maximum Gasteiger partial charge on any atom is 0.303 e. The Hall–Kier alpha value is -1.11. The molecule has 1 saturated heterocycles. The second-order valence-electron chi connectivity index (χ2n) is 5.23. The summed E-state index contributed by atoms with van der Waals surface area (Å²) in [7, 11) is -2.94. The molecule has 1 amide bonds. The number of carbonyl (C=O) groups is 2. The van der Waals surface area contributed by atoms with E-state index in [-0.39, 0.29) is 42.2 Å². The summed E-state index contributed by atoms with van der Waals surface area (Å²) in [6.07, 6.45) is 2.03. The summed E-state index contributed by atoms with van der Waals surface area (Å²) >= 11 is 0. The zero-order valence-corrected chi connectivity index (χ0v) is 11.9. The van der Waals surface area contributed by atoms with E-state index in [4.69, 9.17) is 5.11 Å². The van der Waals surface area contributed by atoms with Crippen LogP contribution in [0.3, 0.4) is 0 Å². The van der Waals surface area contributed by atoms with Gasteiger partial charge in [-0.3, -0.25) is 9.59 Å². The Kier molecular flexibility index (Phi) is 5.78. The van der Waals surface area contributed by atoms with Crippen LogP contribution in [-0.2, 0) is 19.4 Å². The molecule has 1 heterocycles. The lowest BCUT2D eigenvalue weighted by Crippen LogP contribution is -2.33. The molecule has 110 valence electrons. The van der Waals surface area contributed by atoms with Crippen molar-refractivity contribution in [3.8, 4) is 0 Å². The van der Waals surface area contributed by atoms with Crippen LogP contribution in [0.15, 0.2) is 0 Å². The molecule has 7 heteroatoms. The van der Waals surface area contributed by atoms with Crippen molar-refractivity contribution in [2.24, 2.45) is 5.92 Å². The minimum atomic E-state index is -2.94. The van der Waals surface area contributed by atoms with Crippen LogP contribution in [0.5, 0.6) is 0 Å². The van der Waals surface area contributed by atoms with Gasteiger partial charge in [-0.25, -0.2) is 8.42 Å². The molecule has 0 aromatic carbocycles. The van der Waals surface area contributed by atoms with Crippen LogP contribution in [0, 0.1) is 5.92 Å². The van der Waals surface area contributed by atoms with Gasteiger partial charge in [-0.1, -0.05) is 0 Å². The van der Waals surface area contributed by atoms with Crippen molar-refractivity contribution in [3.63, 3.8) is 0 Å². The first-order chi connectivity index (χ1) is 8.78. The molecule has 0 saturated carbocycles. The van der Waals surface area contributed by atoms with Crippen molar-refractivity contribution >= 4 is 21.7 Å². The number of carboxylic acids is 1. The lowest BCUT2D eigenvalue weighted by Gasteiger charge is -2.14. The number of carbonyl (C=O) groups excluding carboxylic acids is 1. The normalized spacial score (nSPS) is 22.9. The number of sulfone groups is 1. The first-order valence-electron chi connectivity index (χ1n) is 6.50. The monoisotopic (exact) mass is 291 g/mol. The minimum Gasteiger partial charge on any atom is -0.481 e. The van der Waals surface area contributed by atoms with E-state index in [9.17, 15) is 18.0 Å². The van der Waals surface area contributed by atoms with Crippen molar-refractivity contribution in [1.82, 2.24) is 5.32 Å². The summed E-state index contributed by atoms with van der Waals surface area (Å²) in [5.41, 5.74) is 0. The fourth-order valence-corrected chi connectivity index (χ4v) is 4.12. The Balaban J connectivity index is 2.22. The van der Waals surface area contributed by atoms with Gasteiger partial charge in [-0.05, 0) is 32.1 Å². The van der Waals surface area contributed by atoms with Crippen molar-refractivity contribution < 1.29 is 23.1 Å². The minimum absolute atomic E-state index is 0.0729. The van der Waals surface area contributed by atoms with Crippen LogP contribution in [0.25, 0.3) is 0 Å². The van der Waals surface area contributed by atoms with Crippen molar-refractivity contribution in [2.75, 3.05) is 11.5 Å². The Morgan fingerprint density at radius 2 is 2.11 bits per heavy atom. The number of hydrogen-bond donors (Lipinski definition) is 2. The van der Waals surface area contributed by atoms with Gasteiger partial charge in [0.05, 0.1) is 11.5 Å². The molecule has 0 radical (unpaired) electrons. The number of aliphatic carboxylic acids is 1. The molecule has 2 unspecified atom stereocenters. The zero-order chi connectivity index (χ0) is 14.5. The summed E-state index contributed by atoms with van der Waals surface area (Å²) in [5, 5.41) is 11.3. The zero-order valence-electron chi connectivity index (χ0n) is 11.1. The number of nitrogens with one attached hydrogen (secondary N) is 1. The standard InChI is InChI=1S/C12H21NO5S/c1-9(3-2-4-12(15)16)13-11(14)7-10-5-6-19(17,18)8-10/h9-10H,2-8H2,1H3,(H,13,14)(H,15,16). The van der Waals surface area contributed by atoms with Gasteiger partial charge in [-0.15, -0.1) is 0 Å². The van der Waals surface area contributed by atoms with E-state index in [0.29, 0.717) is 19.3 Å². The predicted octanol–water partition coefficient (Wildman–Crippen LogP) is 0.571. The van der Waals surface area contributed by atoms with Gasteiger partial charge in [-0.2, -0.15) is 0 Å². The highest BCUT2D eigenvalue weighted by atomic mass is 32.2. The van der Waals surface area contributed by atoms with E-state index >= 15 is 0 Å². The SMILES string of the molecule is CC(CCCC(=O)O)NC(=O)CC1CCS(=O)(=O)C1. The van der Waals surface area contributed by atoms with Gasteiger partial charge in [0.1, 0.15) is 0 Å². The molecule has 1 rings (SSSR count). The molecule has 2 atom stereocenters. The van der Waals surface area contributed by atoms with Crippen LogP contribution < -0.4 is 5.32 Å². The first-order valence-corrected chi connectivity index (χ1v) is 8.32. The third-order valence-electron chi connectivity index (χ3n) is 3.24. The average Bonchev–Trinajstić information content (AvgIpc) is 2.56. The lowest BCUT2D eigenvalue weighted by atomic mass is 10.0. The third-order valence-corrected chi connectivity index (χ3v) is 5.07. The van der Waals surface area contributed by atoms with Crippen LogP contribution in [-0.4, -0.2) is 42.9 Å². The Morgan fingerprint density at radius 1 is 1.42 bits per heavy atom. The molecule has 0 aromatic heterocycles. The molecule has 6 nitrogen and oxygen atoms in total. The van der Waals surface area contributed by atoms with Crippen molar-refractivity contribution in [3.05, 3.63) is 0 Å². The molecular formula is C12H21NO5S. The highest BCUT2D eigenvalue weighted by molar-refractivity contribution is 7.91. The van der Waals surface area contributed by atoms with E-state index in [0.717, 1.165) is 0 Å². The number of carboxylic acid groups (broad SMARTS) is 1. The van der Waals surface area contributed by atoms with Gasteiger partial charge in [0.2, 0.25) is 5.91 Å². The average molecular weight is 291 g/mol. The quantitative estimate of drug-likeness (QED) is 0.714. The van der Waals surface area contributed by atoms with Crippen LogP contribution >= 0.6 is 0 Å². The van der Waals surface area contributed by atoms with Gasteiger partial charge < -0.3 is 10.4 Å². The Bertz CT molecular complexity index is 431. The third kappa shape index (κ3) is 6.56. The second-order valence-corrected chi connectivity index (χ2v) is 7.46. The largest absolute Gasteiger partial charge is 0.481 e. The van der Waals surface area contributed by atoms with E-state index in [1.165, 1.54) is 0 Å². The van der Waals surface area contributed by atoms with Gasteiger partial charge in [0.15, 0.2) is 9.84 Å². The number of rotatable bonds is 7. The summed E-state index contributed by atoms with van der Waals surface area (Å²) in [6.45, 7) is 1.82. The van der Waals surface area contributed by atoms with Crippen molar-refractivity contribution in [2.45, 2.75) is 45.1 Å². The number of hydrogen-bond acceptors (Lipinski definition) is 4. The van der Waals surface area contributed by atoms with E-state index in [1.54, 1.807) is 0 Å². The summed E-state index contributed by atoms with van der Waals surface area (Å²) in [4.78, 5) is 22.0. The van der Waals surface area contributed by atoms with E-state index < -0.39 is 15.8 Å². The number of amides is 1. The molecule has 0 spiro atoms. The lowest BCUT2D eigenvalue weighted by molar-refractivity contribution is -0.137. The maximum absolute atomic E-state index is 11.7. The second kappa shape index (κ2) is 6.88. The summed E-state index contributed by atoms with van der Waals surface area (Å²) in [5.74, 6) is -0.775. The first kappa shape index (κ1) is 15.9. The molecule has 1 aliphatic rings. The summed E-state index contributed by atoms with van der Waals surface area (Å²) in [6, 6.07) is -0.0788. The van der Waals surface area contributed by atoms with Crippen LogP contribution in [0.1, 0.15) is 39.0 Å². The van der Waals surface area contributed by atoms with Gasteiger partial charge >= 0.3 is 5.97 Å². The molecule has 1 aliphatic heterocycles. The Labute approximate surface area is 113 Å². The molecule has 0 bridgehead atoms. The van der Waals surface area contributed by atoms with Crippen LogP contribution in [0.4, 0.5) is 0 Å². The topological polar surface area (TPSA) is 101 Å². The smallest absolute Gasteiger partial charge is 0.303 e. The molecule has 1 fully saturated rings. The summed E-state index contributed by atoms with van der Waals surface area (Å²) < 4.78 is 22.5. The molecule has 0 aliphatic carbocycles. The molecular weight excluding hydrogens is 270 g/mol. The van der Waals surface area contributed by atoms with E-state index in [2.05, 4.69) is 5.32 Å². The molecule has 2 N–H and O–H groups in total. The maximum atomic E-state index is 11.7. The van der Waals surface area contributed by atoms with Crippen molar-refractivity contribution in [1.29, 1.82) is 0 Å². The Morgan fingerprint density at radius 3 is 2.63 bits per heavy atom. The van der Waals surface area contributed by atoms with E-state index in [1.807, 2.05) is 6.92 Å². The van der Waals surface area contributed by atoms with Crippen LogP contribution in [0.2, 0.25) is 0 Å².